The normalized spacial score (nSPS) is 10.8. The quantitative estimate of drug-likeness (QED) is 0.528. The number of aromatic nitrogens is 3. The molecule has 1 N–H and O–H groups in total. The van der Waals surface area contributed by atoms with E-state index in [2.05, 4.69) is 28.6 Å². The Kier molecular flexibility index (Phi) is 7.55. The zero-order chi connectivity index (χ0) is 14.1. The second-order valence-corrected chi connectivity index (χ2v) is 5.49. The van der Waals surface area contributed by atoms with Crippen molar-refractivity contribution in [3.63, 3.8) is 0 Å². The number of hydrogen-bond donors (Lipinski definition) is 1. The molecule has 6 heteroatoms. The summed E-state index contributed by atoms with van der Waals surface area (Å²) < 4.78 is 2.09. The van der Waals surface area contributed by atoms with Crippen LogP contribution in [0, 0.1) is 0 Å². The summed E-state index contributed by atoms with van der Waals surface area (Å²) in [4.78, 5) is 10.6. The molecule has 0 aromatic carbocycles. The van der Waals surface area contributed by atoms with Gasteiger partial charge in [0.25, 0.3) is 0 Å². The second-order valence-electron chi connectivity index (χ2n) is 4.54. The number of unbranched alkanes of at least 4 members (excludes halogenated alkanes) is 3. The molecule has 0 spiro atoms. The molecule has 0 atom stereocenters. The Morgan fingerprint density at radius 2 is 2.00 bits per heavy atom. The molecule has 0 unspecified atom stereocenters. The van der Waals surface area contributed by atoms with Crippen molar-refractivity contribution in [3.8, 4) is 0 Å². The highest BCUT2D eigenvalue weighted by Gasteiger charge is 2.12. The van der Waals surface area contributed by atoms with Crippen molar-refractivity contribution in [2.24, 2.45) is 0 Å². The summed E-state index contributed by atoms with van der Waals surface area (Å²) in [5.41, 5.74) is 0. The van der Waals surface area contributed by atoms with Crippen LogP contribution in [0.5, 0.6) is 0 Å². The molecule has 0 aliphatic heterocycles. The fourth-order valence-corrected chi connectivity index (χ4v) is 2.59. The molecular formula is C13H23N3O2S. The smallest absolute Gasteiger partial charge is 0.313 e. The standard InChI is InChI=1S/C13H23N3O2S/c1-3-5-6-7-9-16-11(8-4-2)14-15-13(16)19-10-12(17)18/h3-10H2,1-2H3,(H,17,18). The Labute approximate surface area is 118 Å². The average molecular weight is 285 g/mol. The van der Waals surface area contributed by atoms with E-state index in [-0.39, 0.29) is 5.75 Å². The van der Waals surface area contributed by atoms with E-state index in [0.717, 1.165) is 36.8 Å². The molecule has 19 heavy (non-hydrogen) atoms. The van der Waals surface area contributed by atoms with E-state index in [1.54, 1.807) is 0 Å². The summed E-state index contributed by atoms with van der Waals surface area (Å²) in [5.74, 6) is 0.202. The summed E-state index contributed by atoms with van der Waals surface area (Å²) in [6.45, 7) is 5.19. The van der Waals surface area contributed by atoms with Crippen molar-refractivity contribution in [1.29, 1.82) is 0 Å². The van der Waals surface area contributed by atoms with E-state index < -0.39 is 5.97 Å². The van der Waals surface area contributed by atoms with Gasteiger partial charge in [0.1, 0.15) is 5.82 Å². The predicted octanol–water partition coefficient (Wildman–Crippen LogP) is 2.99. The summed E-state index contributed by atoms with van der Waals surface area (Å²) in [6, 6.07) is 0. The van der Waals surface area contributed by atoms with E-state index in [0.29, 0.717) is 0 Å². The second kappa shape index (κ2) is 8.96. The molecule has 108 valence electrons. The molecule has 1 heterocycles. The van der Waals surface area contributed by atoms with Gasteiger partial charge in [-0.05, 0) is 12.8 Å². The van der Waals surface area contributed by atoms with Gasteiger partial charge in [0.05, 0.1) is 5.75 Å². The zero-order valence-electron chi connectivity index (χ0n) is 11.8. The van der Waals surface area contributed by atoms with Gasteiger partial charge in [-0.2, -0.15) is 0 Å². The van der Waals surface area contributed by atoms with Crippen LogP contribution in [0.15, 0.2) is 5.16 Å². The largest absolute Gasteiger partial charge is 0.481 e. The fourth-order valence-electron chi connectivity index (χ4n) is 1.88. The van der Waals surface area contributed by atoms with E-state index >= 15 is 0 Å². The van der Waals surface area contributed by atoms with Crippen molar-refractivity contribution in [2.75, 3.05) is 5.75 Å². The Balaban J connectivity index is 2.64. The molecule has 1 rings (SSSR count). The van der Waals surface area contributed by atoms with Gasteiger partial charge in [-0.1, -0.05) is 44.9 Å². The van der Waals surface area contributed by atoms with Gasteiger partial charge in [-0.15, -0.1) is 10.2 Å². The highest BCUT2D eigenvalue weighted by molar-refractivity contribution is 7.99. The lowest BCUT2D eigenvalue weighted by atomic mass is 10.2. The molecule has 0 amide bonds. The number of carbonyl (C=O) groups is 1. The number of aryl methyl sites for hydroxylation is 1. The fraction of sp³-hybridized carbons (Fsp3) is 0.769. The molecule has 1 aromatic heterocycles. The maximum absolute atomic E-state index is 10.6. The third-order valence-electron chi connectivity index (χ3n) is 2.83. The van der Waals surface area contributed by atoms with Crippen LogP contribution in [-0.2, 0) is 17.8 Å². The van der Waals surface area contributed by atoms with Crippen molar-refractivity contribution < 1.29 is 9.90 Å². The van der Waals surface area contributed by atoms with Crippen LogP contribution in [0.4, 0.5) is 0 Å². The van der Waals surface area contributed by atoms with Crippen LogP contribution >= 0.6 is 11.8 Å². The predicted molar refractivity (Wildman–Crippen MR) is 76.5 cm³/mol. The lowest BCUT2D eigenvalue weighted by Crippen LogP contribution is -2.07. The highest BCUT2D eigenvalue weighted by Crippen LogP contribution is 2.18. The van der Waals surface area contributed by atoms with Gasteiger partial charge in [0.2, 0.25) is 0 Å². The van der Waals surface area contributed by atoms with Crippen LogP contribution in [0.2, 0.25) is 0 Å². The van der Waals surface area contributed by atoms with Crippen LogP contribution < -0.4 is 0 Å². The van der Waals surface area contributed by atoms with Gasteiger partial charge in [-0.3, -0.25) is 4.79 Å². The molecule has 0 saturated carbocycles. The Hall–Kier alpha value is -1.04. The van der Waals surface area contributed by atoms with Crippen molar-refractivity contribution >= 4 is 17.7 Å². The van der Waals surface area contributed by atoms with E-state index in [4.69, 9.17) is 5.11 Å². The first-order chi connectivity index (χ1) is 9.19. The molecule has 0 saturated heterocycles. The molecule has 0 radical (unpaired) electrons. The molecule has 0 aliphatic carbocycles. The Morgan fingerprint density at radius 1 is 1.21 bits per heavy atom. The van der Waals surface area contributed by atoms with Gasteiger partial charge < -0.3 is 9.67 Å². The number of thioether (sulfide) groups is 1. The molecular weight excluding hydrogens is 262 g/mol. The minimum atomic E-state index is -0.817. The monoisotopic (exact) mass is 285 g/mol. The first kappa shape index (κ1) is 16.0. The van der Waals surface area contributed by atoms with E-state index in [1.165, 1.54) is 31.0 Å². The summed E-state index contributed by atoms with van der Waals surface area (Å²) in [7, 11) is 0. The minimum absolute atomic E-state index is 0.0409. The van der Waals surface area contributed by atoms with Crippen molar-refractivity contribution in [3.05, 3.63) is 5.82 Å². The number of nitrogens with zero attached hydrogens (tertiary/aromatic N) is 3. The zero-order valence-corrected chi connectivity index (χ0v) is 12.6. The van der Waals surface area contributed by atoms with Crippen LogP contribution in [0.1, 0.15) is 51.8 Å². The van der Waals surface area contributed by atoms with Gasteiger partial charge in [0, 0.05) is 13.0 Å². The molecule has 0 fully saturated rings. The maximum atomic E-state index is 10.6. The lowest BCUT2D eigenvalue weighted by molar-refractivity contribution is -0.133. The summed E-state index contributed by atoms with van der Waals surface area (Å²) in [6.07, 6.45) is 6.67. The first-order valence-electron chi connectivity index (χ1n) is 6.95. The topological polar surface area (TPSA) is 68.0 Å². The number of hydrogen-bond acceptors (Lipinski definition) is 4. The Bertz CT molecular complexity index is 393. The van der Waals surface area contributed by atoms with Crippen LogP contribution in [-0.4, -0.2) is 31.6 Å². The molecule has 0 bridgehead atoms. The third-order valence-corrected chi connectivity index (χ3v) is 3.78. The number of carboxylic acid groups (broad SMARTS) is 1. The van der Waals surface area contributed by atoms with Crippen LogP contribution in [0.25, 0.3) is 0 Å². The van der Waals surface area contributed by atoms with Crippen LogP contribution in [0.3, 0.4) is 0 Å². The third kappa shape index (κ3) is 5.63. The summed E-state index contributed by atoms with van der Waals surface area (Å²) in [5, 5.41) is 17.8. The van der Waals surface area contributed by atoms with Crippen molar-refractivity contribution in [2.45, 2.75) is 64.1 Å². The summed E-state index contributed by atoms with van der Waals surface area (Å²) >= 11 is 1.26. The molecule has 1 aromatic rings. The Morgan fingerprint density at radius 3 is 2.63 bits per heavy atom. The number of aliphatic carboxylic acids is 1. The van der Waals surface area contributed by atoms with E-state index in [9.17, 15) is 4.79 Å². The van der Waals surface area contributed by atoms with Crippen molar-refractivity contribution in [1.82, 2.24) is 14.8 Å². The highest BCUT2D eigenvalue weighted by atomic mass is 32.2. The SMILES string of the molecule is CCCCCCn1c(CCC)nnc1SCC(=O)O. The molecule has 5 nitrogen and oxygen atoms in total. The maximum Gasteiger partial charge on any atom is 0.313 e. The lowest BCUT2D eigenvalue weighted by Gasteiger charge is -2.08. The number of rotatable bonds is 10. The minimum Gasteiger partial charge on any atom is -0.481 e. The van der Waals surface area contributed by atoms with E-state index in [1.807, 2.05) is 0 Å². The molecule has 0 aliphatic rings. The van der Waals surface area contributed by atoms with Gasteiger partial charge in [-0.25, -0.2) is 0 Å². The van der Waals surface area contributed by atoms with Gasteiger partial charge in [0.15, 0.2) is 5.16 Å². The first-order valence-corrected chi connectivity index (χ1v) is 7.94. The average Bonchev–Trinajstić information content (AvgIpc) is 2.75. The van der Waals surface area contributed by atoms with Gasteiger partial charge >= 0.3 is 5.97 Å². The number of carboxylic acids is 1.